The fourth-order valence-corrected chi connectivity index (χ4v) is 0. The van der Waals surface area contributed by atoms with Crippen LogP contribution in [0.3, 0.4) is 0 Å². The van der Waals surface area contributed by atoms with Gasteiger partial charge in [0.25, 0.3) is 0 Å². The predicted molar refractivity (Wildman–Crippen MR) is 57.5 cm³/mol. The summed E-state index contributed by atoms with van der Waals surface area (Å²) in [5, 5.41) is 0. The smallest absolute Gasteiger partial charge is 2.00 e. The molecule has 0 radical (unpaired) electrons. The van der Waals surface area contributed by atoms with E-state index in [4.69, 9.17) is 0 Å². The van der Waals surface area contributed by atoms with Crippen LogP contribution in [0.15, 0.2) is 0 Å². The van der Waals surface area contributed by atoms with Gasteiger partial charge in [-0.25, -0.2) is 0 Å². The molecule has 10 heavy (non-hydrogen) atoms. The molecule has 0 spiro atoms. The van der Waals surface area contributed by atoms with E-state index in [-0.39, 0.29) is 377 Å². The third-order valence-electron chi connectivity index (χ3n) is 0. The van der Waals surface area contributed by atoms with Gasteiger partial charge in [0.2, 0.25) is 0 Å². The van der Waals surface area contributed by atoms with Gasteiger partial charge in [-0.1, -0.05) is 0 Å². The molecule has 0 aromatic heterocycles. The molecule has 0 valence electrons. The average Bonchev–Trinajstić information content (AvgIpc) is 0. The van der Waals surface area contributed by atoms with E-state index in [9.17, 15) is 0 Å². The van der Waals surface area contributed by atoms with Gasteiger partial charge >= 0.3 is 377 Å². The van der Waals surface area contributed by atoms with Crippen LogP contribution in [-0.4, -0.2) is 377 Å². The fourth-order valence-electron chi connectivity index (χ4n) is 0. The summed E-state index contributed by atoms with van der Waals surface area (Å²) in [6.45, 7) is 0. The third kappa shape index (κ3) is 49.8. The zero-order chi connectivity index (χ0) is 0. The zero-order valence-electron chi connectivity index (χ0n) is 7.07. The van der Waals surface area contributed by atoms with Crippen LogP contribution < -0.4 is 0 Å². The van der Waals surface area contributed by atoms with Gasteiger partial charge in [0.15, 0.2) is 0 Å². The molecule has 0 rings (SSSR count). The molecule has 0 atom stereocenters. The van der Waals surface area contributed by atoms with Crippen LogP contribution in [0.25, 0.3) is 0 Å². The van der Waals surface area contributed by atoms with Crippen LogP contribution in [0.4, 0.5) is 0 Å². The third-order valence-corrected chi connectivity index (χ3v) is 0. The van der Waals surface area contributed by atoms with Gasteiger partial charge < -0.3 is 0 Å². The summed E-state index contributed by atoms with van der Waals surface area (Å²) in [5.74, 6) is 0. The molecular formula is Ca10+20. The maximum absolute atomic E-state index is 0. The number of hydrogen-bond donors (Lipinski definition) is 0. The molecule has 0 unspecified atom stereocenters. The van der Waals surface area contributed by atoms with E-state index in [1.54, 1.807) is 0 Å². The second-order valence-electron chi connectivity index (χ2n) is 0. The molecule has 0 aromatic rings. The minimum absolute atomic E-state index is 0. The van der Waals surface area contributed by atoms with Crippen molar-refractivity contribution in [3.05, 3.63) is 0 Å². The Kier molecular flexibility index (Phi) is 383. The minimum atomic E-state index is 0. The molecule has 0 saturated heterocycles. The fraction of sp³-hybridized carbons (Fsp3) is 0. The average molecular weight is 401 g/mol. The molecule has 0 fully saturated rings. The second kappa shape index (κ2) is 57.7. The largest absolute Gasteiger partial charge is 2.00 e. The maximum atomic E-state index is 0. The van der Waals surface area contributed by atoms with Gasteiger partial charge in [-0.05, 0) is 0 Å². The van der Waals surface area contributed by atoms with E-state index >= 15 is 0 Å². The standard InChI is InChI=1S/10Ca/q10*+2. The first-order chi connectivity index (χ1) is 0. The van der Waals surface area contributed by atoms with Crippen molar-refractivity contribution in [1.29, 1.82) is 0 Å². The molecule has 0 N–H and O–H groups in total. The first-order valence-electron chi connectivity index (χ1n) is 0. The Morgan fingerprint density at radius 3 is 0.100 bits per heavy atom. The van der Waals surface area contributed by atoms with E-state index in [1.807, 2.05) is 0 Å². The van der Waals surface area contributed by atoms with Crippen molar-refractivity contribution in [3.8, 4) is 0 Å². The number of hydrogen-bond acceptors (Lipinski definition) is 0. The van der Waals surface area contributed by atoms with Crippen molar-refractivity contribution in [2.24, 2.45) is 0 Å². The van der Waals surface area contributed by atoms with E-state index in [1.165, 1.54) is 0 Å². The van der Waals surface area contributed by atoms with Crippen molar-refractivity contribution in [3.63, 3.8) is 0 Å². The zero-order valence-corrected chi connectivity index (χ0v) is 29.2. The molecule has 0 heterocycles. The summed E-state index contributed by atoms with van der Waals surface area (Å²) in [6.07, 6.45) is 0. The van der Waals surface area contributed by atoms with E-state index in [0.29, 0.717) is 0 Å². The van der Waals surface area contributed by atoms with Gasteiger partial charge in [-0.15, -0.1) is 0 Å². The Morgan fingerprint density at radius 2 is 0.100 bits per heavy atom. The Morgan fingerprint density at radius 1 is 0.100 bits per heavy atom. The molecule has 0 nitrogen and oxygen atoms in total. The normalized spacial score (nSPS) is 0. The van der Waals surface area contributed by atoms with Crippen molar-refractivity contribution in [1.82, 2.24) is 0 Å². The summed E-state index contributed by atoms with van der Waals surface area (Å²) < 4.78 is 0. The Labute approximate surface area is 363 Å². The van der Waals surface area contributed by atoms with Crippen LogP contribution in [0.5, 0.6) is 0 Å². The van der Waals surface area contributed by atoms with Crippen LogP contribution >= 0.6 is 0 Å². The second-order valence-corrected chi connectivity index (χ2v) is 0. The van der Waals surface area contributed by atoms with E-state index < -0.39 is 0 Å². The van der Waals surface area contributed by atoms with Gasteiger partial charge in [0, 0.05) is 0 Å². The number of rotatable bonds is 0. The van der Waals surface area contributed by atoms with Crippen LogP contribution in [-0.2, 0) is 0 Å². The summed E-state index contributed by atoms with van der Waals surface area (Å²) >= 11 is 0. The molecular weight excluding hydrogens is 401 g/mol. The van der Waals surface area contributed by atoms with Gasteiger partial charge in [0.1, 0.15) is 0 Å². The Hall–Kier alpha value is 12.6. The van der Waals surface area contributed by atoms with Crippen molar-refractivity contribution in [2.75, 3.05) is 0 Å². The van der Waals surface area contributed by atoms with Crippen molar-refractivity contribution < 1.29 is 0 Å². The quantitative estimate of drug-likeness (QED) is 0.366. The molecule has 0 bridgehead atoms. The van der Waals surface area contributed by atoms with Crippen LogP contribution in [0.1, 0.15) is 0 Å². The topological polar surface area (TPSA) is 0 Å². The molecule has 0 aromatic carbocycles. The Balaban J connectivity index is 0. The monoisotopic (exact) mass is 400 g/mol. The van der Waals surface area contributed by atoms with Crippen molar-refractivity contribution in [2.45, 2.75) is 0 Å². The molecule has 0 amide bonds. The van der Waals surface area contributed by atoms with E-state index in [2.05, 4.69) is 0 Å². The van der Waals surface area contributed by atoms with Gasteiger partial charge in [-0.3, -0.25) is 0 Å². The summed E-state index contributed by atoms with van der Waals surface area (Å²) in [4.78, 5) is 0. The van der Waals surface area contributed by atoms with Gasteiger partial charge in [-0.2, -0.15) is 0 Å². The Bertz CT molecular complexity index is 0. The minimum Gasteiger partial charge on any atom is 2.00 e. The molecule has 0 aliphatic carbocycles. The SMILES string of the molecule is [Ca+2].[Ca+2].[Ca+2].[Ca+2].[Ca+2].[Ca+2].[Ca+2].[Ca+2].[Ca+2].[Ca+2]. The molecule has 0 aliphatic heterocycles. The van der Waals surface area contributed by atoms with Crippen LogP contribution in [0, 0.1) is 0 Å². The van der Waals surface area contributed by atoms with Crippen LogP contribution in [0.2, 0.25) is 0 Å². The first kappa shape index (κ1) is 66.4. The molecule has 0 aliphatic rings. The van der Waals surface area contributed by atoms with E-state index in [0.717, 1.165) is 0 Å². The predicted octanol–water partition coefficient (Wildman–Crippen LogP) is -3.81. The summed E-state index contributed by atoms with van der Waals surface area (Å²) in [7, 11) is 0. The van der Waals surface area contributed by atoms with Crippen molar-refractivity contribution >= 4 is 377 Å². The summed E-state index contributed by atoms with van der Waals surface area (Å²) in [5.41, 5.74) is 0. The molecule has 10 heteroatoms. The van der Waals surface area contributed by atoms with Gasteiger partial charge in [0.05, 0.1) is 0 Å². The molecule has 0 saturated carbocycles. The maximum Gasteiger partial charge on any atom is 2.00 e. The summed E-state index contributed by atoms with van der Waals surface area (Å²) in [6, 6.07) is 0. The first-order valence-corrected chi connectivity index (χ1v) is 0.